The van der Waals surface area contributed by atoms with E-state index in [2.05, 4.69) is 5.32 Å². The number of hydrogen-bond donors (Lipinski definition) is 1. The number of urea groups is 1. The average molecular weight is 456 g/mol. The fourth-order valence-corrected chi connectivity index (χ4v) is 3.45. The summed E-state index contributed by atoms with van der Waals surface area (Å²) >= 11 is 11.9. The van der Waals surface area contributed by atoms with Crippen molar-refractivity contribution in [3.63, 3.8) is 0 Å². The van der Waals surface area contributed by atoms with E-state index < -0.39 is 17.8 Å². The molecule has 4 rings (SSSR count). The first-order valence-corrected chi connectivity index (χ1v) is 9.83. The Morgan fingerprint density at radius 3 is 2.32 bits per heavy atom. The van der Waals surface area contributed by atoms with Crippen LogP contribution in [-0.4, -0.2) is 29.5 Å². The number of aromatic nitrogens is 1. The van der Waals surface area contributed by atoms with Gasteiger partial charge in [0.05, 0.1) is 22.8 Å². The van der Waals surface area contributed by atoms with Crippen LogP contribution < -0.4 is 15.0 Å². The lowest BCUT2D eigenvalue weighted by atomic mass is 10.1. The second kappa shape index (κ2) is 8.29. The molecule has 0 unspecified atom stereocenters. The van der Waals surface area contributed by atoms with Crippen molar-refractivity contribution in [1.82, 2.24) is 9.88 Å². The van der Waals surface area contributed by atoms with E-state index in [1.54, 1.807) is 42.1 Å². The van der Waals surface area contributed by atoms with Gasteiger partial charge in [0.25, 0.3) is 11.8 Å². The van der Waals surface area contributed by atoms with Crippen LogP contribution >= 0.6 is 23.2 Å². The maximum atomic E-state index is 13.1. The van der Waals surface area contributed by atoms with Gasteiger partial charge in [0.15, 0.2) is 0 Å². The summed E-state index contributed by atoms with van der Waals surface area (Å²) < 4.78 is 6.97. The van der Waals surface area contributed by atoms with E-state index in [0.29, 0.717) is 11.4 Å². The maximum absolute atomic E-state index is 13.1. The molecule has 0 radical (unpaired) electrons. The molecule has 1 aliphatic rings. The Labute approximate surface area is 187 Å². The van der Waals surface area contributed by atoms with Crippen LogP contribution in [0, 0.1) is 0 Å². The van der Waals surface area contributed by atoms with Gasteiger partial charge >= 0.3 is 6.03 Å². The molecular weight excluding hydrogens is 441 g/mol. The standard InChI is InChI=1S/C22H15Cl2N3O4/c1-31-16-7-4-13(5-8-16)26-10-2-3-14(26)11-17-20(28)25-22(30)27(21(17)29)15-6-9-18(23)19(24)12-15/h2-12H,1H3,(H,25,28,30)/b17-11+. The third kappa shape index (κ3) is 3.93. The molecule has 1 saturated heterocycles. The molecule has 7 nitrogen and oxygen atoms in total. The van der Waals surface area contributed by atoms with Crippen molar-refractivity contribution in [2.45, 2.75) is 0 Å². The Balaban J connectivity index is 1.73. The number of barbiturate groups is 1. The molecule has 156 valence electrons. The summed E-state index contributed by atoms with van der Waals surface area (Å²) in [5.41, 5.74) is 1.38. The first-order chi connectivity index (χ1) is 14.9. The van der Waals surface area contributed by atoms with Crippen molar-refractivity contribution in [2.75, 3.05) is 12.0 Å². The molecule has 0 bridgehead atoms. The van der Waals surface area contributed by atoms with Crippen LogP contribution in [0.5, 0.6) is 5.75 Å². The van der Waals surface area contributed by atoms with Crippen molar-refractivity contribution in [1.29, 1.82) is 0 Å². The number of imide groups is 2. The van der Waals surface area contributed by atoms with Gasteiger partial charge in [0.1, 0.15) is 11.3 Å². The van der Waals surface area contributed by atoms with Gasteiger partial charge in [-0.05, 0) is 60.7 Å². The zero-order valence-electron chi connectivity index (χ0n) is 16.1. The monoisotopic (exact) mass is 455 g/mol. The molecule has 4 amide bonds. The smallest absolute Gasteiger partial charge is 0.335 e. The van der Waals surface area contributed by atoms with Crippen LogP contribution in [0.3, 0.4) is 0 Å². The van der Waals surface area contributed by atoms with Crippen molar-refractivity contribution in [2.24, 2.45) is 0 Å². The molecule has 1 aliphatic heterocycles. The second-order valence-corrected chi connectivity index (χ2v) is 7.37. The number of carbonyl (C=O) groups excluding carboxylic acids is 3. The van der Waals surface area contributed by atoms with Crippen molar-refractivity contribution < 1.29 is 19.1 Å². The van der Waals surface area contributed by atoms with E-state index in [-0.39, 0.29) is 21.3 Å². The number of benzene rings is 2. The van der Waals surface area contributed by atoms with E-state index in [1.165, 1.54) is 24.3 Å². The van der Waals surface area contributed by atoms with E-state index in [0.717, 1.165) is 10.6 Å². The highest BCUT2D eigenvalue weighted by Crippen LogP contribution is 2.29. The quantitative estimate of drug-likeness (QED) is 0.465. The lowest BCUT2D eigenvalue weighted by Gasteiger charge is -2.26. The molecule has 0 aliphatic carbocycles. The SMILES string of the molecule is COc1ccc(-n2cccc2/C=C2\C(=O)NC(=O)N(c3ccc(Cl)c(Cl)c3)C2=O)cc1. The summed E-state index contributed by atoms with van der Waals surface area (Å²) in [7, 11) is 1.58. The maximum Gasteiger partial charge on any atom is 0.335 e. The first kappa shape index (κ1) is 20.7. The van der Waals surface area contributed by atoms with Crippen LogP contribution in [-0.2, 0) is 9.59 Å². The molecule has 3 aromatic rings. The van der Waals surface area contributed by atoms with Gasteiger partial charge in [-0.15, -0.1) is 0 Å². The predicted molar refractivity (Wildman–Crippen MR) is 118 cm³/mol. The summed E-state index contributed by atoms with van der Waals surface area (Å²) in [6, 6.07) is 14.3. The molecular formula is C22H15Cl2N3O4. The largest absolute Gasteiger partial charge is 0.497 e. The number of amides is 4. The Morgan fingerprint density at radius 1 is 0.935 bits per heavy atom. The van der Waals surface area contributed by atoms with E-state index in [1.807, 2.05) is 12.1 Å². The number of carbonyl (C=O) groups is 3. The van der Waals surface area contributed by atoms with Crippen LogP contribution in [0.15, 0.2) is 66.4 Å². The second-order valence-electron chi connectivity index (χ2n) is 6.56. The predicted octanol–water partition coefficient (Wildman–Crippen LogP) is 4.46. The number of anilines is 1. The average Bonchev–Trinajstić information content (AvgIpc) is 3.22. The van der Waals surface area contributed by atoms with Gasteiger partial charge < -0.3 is 9.30 Å². The number of methoxy groups -OCH3 is 1. The van der Waals surface area contributed by atoms with Crippen LogP contribution in [0.25, 0.3) is 11.8 Å². The van der Waals surface area contributed by atoms with Gasteiger partial charge in [0.2, 0.25) is 0 Å². The summed E-state index contributed by atoms with van der Waals surface area (Å²) in [5.74, 6) is -0.850. The normalized spacial score (nSPS) is 15.4. The first-order valence-electron chi connectivity index (χ1n) is 9.07. The Hall–Kier alpha value is -3.55. The number of halogens is 2. The zero-order valence-corrected chi connectivity index (χ0v) is 17.6. The van der Waals surface area contributed by atoms with E-state index in [9.17, 15) is 14.4 Å². The molecule has 0 spiro atoms. The van der Waals surface area contributed by atoms with Crippen molar-refractivity contribution >= 4 is 52.8 Å². The van der Waals surface area contributed by atoms with Crippen molar-refractivity contribution in [3.8, 4) is 11.4 Å². The third-order valence-corrected chi connectivity index (χ3v) is 5.43. The van der Waals surface area contributed by atoms with Gasteiger partial charge in [-0.3, -0.25) is 14.9 Å². The molecule has 1 aromatic heterocycles. The summed E-state index contributed by atoms with van der Waals surface area (Å²) in [5, 5.41) is 2.64. The lowest BCUT2D eigenvalue weighted by molar-refractivity contribution is -0.122. The highest BCUT2D eigenvalue weighted by Gasteiger charge is 2.37. The van der Waals surface area contributed by atoms with Gasteiger partial charge in [0, 0.05) is 17.6 Å². The third-order valence-electron chi connectivity index (χ3n) is 4.69. The molecule has 2 aromatic carbocycles. The van der Waals surface area contributed by atoms with Gasteiger partial charge in [-0.2, -0.15) is 0 Å². The molecule has 0 saturated carbocycles. The lowest BCUT2D eigenvalue weighted by Crippen LogP contribution is -2.54. The zero-order chi connectivity index (χ0) is 22.1. The number of rotatable bonds is 4. The highest BCUT2D eigenvalue weighted by molar-refractivity contribution is 6.43. The van der Waals surface area contributed by atoms with Crippen LogP contribution in [0.2, 0.25) is 10.0 Å². The fourth-order valence-electron chi connectivity index (χ4n) is 3.15. The van der Waals surface area contributed by atoms with Crippen molar-refractivity contribution in [3.05, 3.63) is 82.1 Å². The summed E-state index contributed by atoms with van der Waals surface area (Å²) in [6.45, 7) is 0. The minimum atomic E-state index is -0.865. The Bertz CT molecular complexity index is 1230. The minimum Gasteiger partial charge on any atom is -0.497 e. The molecule has 1 fully saturated rings. The minimum absolute atomic E-state index is 0.176. The number of nitrogens with one attached hydrogen (secondary N) is 1. The van der Waals surface area contributed by atoms with E-state index in [4.69, 9.17) is 27.9 Å². The Kier molecular flexibility index (Phi) is 5.54. The summed E-state index contributed by atoms with van der Waals surface area (Å²) in [4.78, 5) is 38.7. The van der Waals surface area contributed by atoms with Gasteiger partial charge in [-0.25, -0.2) is 9.69 Å². The number of ether oxygens (including phenoxy) is 1. The van der Waals surface area contributed by atoms with Crippen LogP contribution in [0.1, 0.15) is 5.69 Å². The molecule has 1 N–H and O–H groups in total. The Morgan fingerprint density at radius 2 is 1.65 bits per heavy atom. The molecule has 31 heavy (non-hydrogen) atoms. The number of nitrogens with zero attached hydrogens (tertiary/aromatic N) is 2. The summed E-state index contributed by atoms with van der Waals surface area (Å²) in [6.07, 6.45) is 3.22. The molecule has 9 heteroatoms. The fraction of sp³-hybridized carbons (Fsp3) is 0.0455. The van der Waals surface area contributed by atoms with Gasteiger partial charge in [-0.1, -0.05) is 23.2 Å². The molecule has 2 heterocycles. The van der Waals surface area contributed by atoms with E-state index >= 15 is 0 Å². The highest BCUT2D eigenvalue weighted by atomic mass is 35.5. The molecule has 0 atom stereocenters. The number of hydrogen-bond acceptors (Lipinski definition) is 4. The van der Waals surface area contributed by atoms with Crippen LogP contribution in [0.4, 0.5) is 10.5 Å². The topological polar surface area (TPSA) is 80.6 Å².